The maximum absolute atomic E-state index is 12.4. The average molecular weight is 217 g/mol. The zero-order valence-corrected chi connectivity index (χ0v) is 7.63. The largest absolute Gasteiger partial charge is 0.494 e. The fourth-order valence-electron chi connectivity index (χ4n) is 1.10. The normalized spacial score (nSPS) is 10.7. The van der Waals surface area contributed by atoms with E-state index in [1.807, 2.05) is 0 Å². The second-order valence-electron chi connectivity index (χ2n) is 2.56. The van der Waals surface area contributed by atoms with Crippen LogP contribution in [0.1, 0.15) is 5.56 Å². The van der Waals surface area contributed by atoms with Crippen LogP contribution in [-0.2, 0) is 11.0 Å². The molecule has 0 atom stereocenters. The van der Waals surface area contributed by atoms with E-state index in [1.54, 1.807) is 0 Å². The Morgan fingerprint density at radius 1 is 1.40 bits per heavy atom. The highest BCUT2D eigenvalue weighted by Crippen LogP contribution is 2.41. The summed E-state index contributed by atoms with van der Waals surface area (Å²) in [4.78, 5) is 13.1. The van der Waals surface area contributed by atoms with Gasteiger partial charge in [0.25, 0.3) is 0 Å². The lowest BCUT2D eigenvalue weighted by Gasteiger charge is -2.12. The molecule has 0 aromatic heterocycles. The van der Waals surface area contributed by atoms with Crippen molar-refractivity contribution in [2.45, 2.75) is 6.18 Å². The van der Waals surface area contributed by atoms with Crippen molar-refractivity contribution in [3.8, 4) is 5.75 Å². The van der Waals surface area contributed by atoms with Gasteiger partial charge in [0, 0.05) is 0 Å². The summed E-state index contributed by atoms with van der Waals surface area (Å²) in [6.07, 6.45) is -3.38. The SMILES string of the molecule is COc1c(N=C=O)cccc1C(F)(F)F. The van der Waals surface area contributed by atoms with Crippen molar-refractivity contribution < 1.29 is 22.7 Å². The molecule has 6 heteroatoms. The van der Waals surface area contributed by atoms with Crippen molar-refractivity contribution in [2.24, 2.45) is 4.99 Å². The van der Waals surface area contributed by atoms with Gasteiger partial charge < -0.3 is 4.74 Å². The fourth-order valence-corrected chi connectivity index (χ4v) is 1.10. The molecule has 0 aliphatic carbocycles. The highest BCUT2D eigenvalue weighted by atomic mass is 19.4. The molecule has 1 rings (SSSR count). The first-order valence-corrected chi connectivity index (χ1v) is 3.82. The molecule has 1 aromatic carbocycles. The summed E-state index contributed by atoms with van der Waals surface area (Å²) in [6, 6.07) is 3.23. The van der Waals surface area contributed by atoms with Crippen molar-refractivity contribution >= 4 is 11.8 Å². The maximum Gasteiger partial charge on any atom is 0.420 e. The Bertz CT molecular complexity index is 408. The topological polar surface area (TPSA) is 38.7 Å². The second kappa shape index (κ2) is 4.14. The van der Waals surface area contributed by atoms with E-state index in [0.717, 1.165) is 19.2 Å². The summed E-state index contributed by atoms with van der Waals surface area (Å²) in [5.74, 6) is -0.478. The Hall–Kier alpha value is -1.81. The van der Waals surface area contributed by atoms with Gasteiger partial charge in [-0.05, 0) is 12.1 Å². The summed E-state index contributed by atoms with van der Waals surface area (Å²) in [7, 11) is 1.08. The van der Waals surface area contributed by atoms with Crippen molar-refractivity contribution in [3.63, 3.8) is 0 Å². The third kappa shape index (κ3) is 2.35. The van der Waals surface area contributed by atoms with Gasteiger partial charge in [0.05, 0.1) is 12.7 Å². The number of carbonyl (C=O) groups excluding carboxylic acids is 1. The summed E-state index contributed by atoms with van der Waals surface area (Å²) in [5, 5.41) is 0. The van der Waals surface area contributed by atoms with Crippen LogP contribution >= 0.6 is 0 Å². The summed E-state index contributed by atoms with van der Waals surface area (Å²) in [5.41, 5.74) is -1.16. The molecule has 0 unspecified atom stereocenters. The third-order valence-corrected chi connectivity index (χ3v) is 1.67. The number of methoxy groups -OCH3 is 1. The summed E-state index contributed by atoms with van der Waals surface area (Å²) in [6.45, 7) is 0. The third-order valence-electron chi connectivity index (χ3n) is 1.67. The van der Waals surface area contributed by atoms with E-state index in [-0.39, 0.29) is 5.69 Å². The molecule has 0 amide bonds. The fraction of sp³-hybridized carbons (Fsp3) is 0.222. The van der Waals surface area contributed by atoms with Crippen LogP contribution in [0, 0.1) is 0 Å². The van der Waals surface area contributed by atoms with Gasteiger partial charge in [-0.25, -0.2) is 4.79 Å². The smallest absolute Gasteiger partial charge is 0.420 e. The molecule has 1 aromatic rings. The minimum atomic E-state index is -4.54. The number of hydrogen-bond acceptors (Lipinski definition) is 3. The standard InChI is InChI=1S/C9H6F3NO2/c1-15-8-6(9(10,11)12)3-2-4-7(8)13-5-14/h2-4H,1H3. The van der Waals surface area contributed by atoms with E-state index in [1.165, 1.54) is 12.1 Å². The zero-order chi connectivity index (χ0) is 11.5. The number of para-hydroxylation sites is 1. The molecular weight excluding hydrogens is 211 g/mol. The van der Waals surface area contributed by atoms with Crippen LogP contribution in [0.25, 0.3) is 0 Å². The summed E-state index contributed by atoms with van der Waals surface area (Å²) < 4.78 is 41.9. The molecule has 0 spiro atoms. The van der Waals surface area contributed by atoms with Gasteiger partial charge in [0.2, 0.25) is 6.08 Å². The van der Waals surface area contributed by atoms with Gasteiger partial charge in [-0.2, -0.15) is 18.2 Å². The van der Waals surface area contributed by atoms with E-state index in [2.05, 4.69) is 9.73 Å². The van der Waals surface area contributed by atoms with Crippen LogP contribution in [-0.4, -0.2) is 13.2 Å². The molecule has 0 heterocycles. The number of halogens is 3. The van der Waals surface area contributed by atoms with E-state index < -0.39 is 17.5 Å². The first-order chi connectivity index (χ1) is 7.00. The van der Waals surface area contributed by atoms with Crippen LogP contribution in [0.3, 0.4) is 0 Å². The highest BCUT2D eigenvalue weighted by molar-refractivity contribution is 5.61. The van der Waals surface area contributed by atoms with Gasteiger partial charge in [0.1, 0.15) is 5.69 Å². The molecule has 0 N–H and O–H groups in total. The molecule has 0 fully saturated rings. The minimum absolute atomic E-state index is 0.192. The van der Waals surface area contributed by atoms with E-state index in [9.17, 15) is 18.0 Å². The van der Waals surface area contributed by atoms with Crippen LogP contribution in [0.5, 0.6) is 5.75 Å². The number of benzene rings is 1. The molecule has 0 aliphatic heterocycles. The first kappa shape index (κ1) is 11.3. The summed E-state index contributed by atoms with van der Waals surface area (Å²) >= 11 is 0. The Morgan fingerprint density at radius 3 is 2.53 bits per heavy atom. The van der Waals surface area contributed by atoms with Gasteiger partial charge in [0.15, 0.2) is 5.75 Å². The number of isocyanates is 1. The average Bonchev–Trinajstić information content (AvgIpc) is 2.16. The maximum atomic E-state index is 12.4. The Kier molecular flexibility index (Phi) is 3.11. The lowest BCUT2D eigenvalue weighted by atomic mass is 10.1. The molecule has 3 nitrogen and oxygen atoms in total. The lowest BCUT2D eigenvalue weighted by molar-refractivity contribution is -0.138. The predicted octanol–water partition coefficient (Wildman–Crippen LogP) is 2.68. The van der Waals surface area contributed by atoms with Gasteiger partial charge in [-0.3, -0.25) is 0 Å². The Balaban J connectivity index is 3.41. The monoisotopic (exact) mass is 217 g/mol. The van der Waals surface area contributed by atoms with Crippen molar-refractivity contribution in [1.29, 1.82) is 0 Å². The van der Waals surface area contributed by atoms with Crippen molar-refractivity contribution in [3.05, 3.63) is 23.8 Å². The molecule has 80 valence electrons. The van der Waals surface area contributed by atoms with Crippen molar-refractivity contribution in [2.75, 3.05) is 7.11 Å². The van der Waals surface area contributed by atoms with E-state index in [4.69, 9.17) is 0 Å². The van der Waals surface area contributed by atoms with E-state index >= 15 is 0 Å². The Morgan fingerprint density at radius 2 is 2.07 bits per heavy atom. The highest BCUT2D eigenvalue weighted by Gasteiger charge is 2.35. The van der Waals surface area contributed by atoms with Crippen LogP contribution < -0.4 is 4.74 Å². The second-order valence-corrected chi connectivity index (χ2v) is 2.56. The number of hydrogen-bond donors (Lipinski definition) is 0. The van der Waals surface area contributed by atoms with Gasteiger partial charge >= 0.3 is 6.18 Å². The molecule has 0 aliphatic rings. The number of nitrogens with zero attached hydrogens (tertiary/aromatic N) is 1. The van der Waals surface area contributed by atoms with E-state index in [0.29, 0.717) is 0 Å². The number of alkyl halides is 3. The van der Waals surface area contributed by atoms with Gasteiger partial charge in [-0.15, -0.1) is 0 Å². The zero-order valence-electron chi connectivity index (χ0n) is 7.63. The number of rotatable bonds is 2. The van der Waals surface area contributed by atoms with Crippen LogP contribution in [0.4, 0.5) is 18.9 Å². The molecular formula is C9H6F3NO2. The molecule has 0 saturated carbocycles. The molecule has 0 bridgehead atoms. The van der Waals surface area contributed by atoms with Crippen LogP contribution in [0.2, 0.25) is 0 Å². The van der Waals surface area contributed by atoms with Crippen molar-refractivity contribution in [1.82, 2.24) is 0 Å². The van der Waals surface area contributed by atoms with Crippen LogP contribution in [0.15, 0.2) is 23.2 Å². The predicted molar refractivity (Wildman–Crippen MR) is 45.8 cm³/mol. The first-order valence-electron chi connectivity index (χ1n) is 3.82. The Labute approximate surface area is 83.2 Å². The minimum Gasteiger partial charge on any atom is -0.494 e. The molecule has 15 heavy (non-hydrogen) atoms. The number of ether oxygens (including phenoxy) is 1. The quantitative estimate of drug-likeness (QED) is 0.564. The number of aliphatic imine (C=N–C) groups is 1. The molecule has 0 radical (unpaired) electrons. The van der Waals surface area contributed by atoms with Gasteiger partial charge in [-0.1, -0.05) is 6.07 Å². The lowest BCUT2D eigenvalue weighted by Crippen LogP contribution is -2.07. The molecule has 0 saturated heterocycles.